The summed E-state index contributed by atoms with van der Waals surface area (Å²) in [6, 6.07) is 5.65. The molecule has 4 heteroatoms. The molecule has 0 N–H and O–H groups in total. The van der Waals surface area contributed by atoms with Gasteiger partial charge in [-0.2, -0.15) is 0 Å². The van der Waals surface area contributed by atoms with E-state index in [1.165, 1.54) is 0 Å². The Balaban J connectivity index is 2.46. The van der Waals surface area contributed by atoms with Gasteiger partial charge in [0, 0.05) is 6.92 Å². The van der Waals surface area contributed by atoms with E-state index in [1.54, 1.807) is 6.20 Å². The van der Waals surface area contributed by atoms with Crippen molar-refractivity contribution in [1.82, 2.24) is 9.97 Å². The van der Waals surface area contributed by atoms with Crippen molar-refractivity contribution < 1.29 is 4.42 Å². The normalized spacial score (nSPS) is 10.3. The Morgan fingerprint density at radius 2 is 2.23 bits per heavy atom. The maximum absolute atomic E-state index is 5.33. The lowest BCUT2D eigenvalue weighted by Gasteiger charge is -1.94. The SMILES string of the molecule is Cc1ncc(-c2cccc(Br)n2)o1. The van der Waals surface area contributed by atoms with Gasteiger partial charge >= 0.3 is 0 Å². The van der Waals surface area contributed by atoms with Gasteiger partial charge in [0.05, 0.1) is 6.20 Å². The third-order valence-corrected chi connectivity index (χ3v) is 2.03. The fourth-order valence-corrected chi connectivity index (χ4v) is 1.37. The van der Waals surface area contributed by atoms with Crippen LogP contribution in [0.25, 0.3) is 11.5 Å². The summed E-state index contributed by atoms with van der Waals surface area (Å²) in [4.78, 5) is 8.24. The summed E-state index contributed by atoms with van der Waals surface area (Å²) in [5, 5.41) is 0. The Kier molecular flexibility index (Phi) is 2.14. The van der Waals surface area contributed by atoms with Gasteiger partial charge in [0.25, 0.3) is 0 Å². The van der Waals surface area contributed by atoms with E-state index in [9.17, 15) is 0 Å². The van der Waals surface area contributed by atoms with Gasteiger partial charge in [0.1, 0.15) is 10.3 Å². The molecule has 2 aromatic rings. The smallest absolute Gasteiger partial charge is 0.191 e. The summed E-state index contributed by atoms with van der Waals surface area (Å²) in [6.07, 6.45) is 1.67. The second kappa shape index (κ2) is 3.30. The summed E-state index contributed by atoms with van der Waals surface area (Å²) < 4.78 is 6.12. The first-order valence-electron chi connectivity index (χ1n) is 3.81. The fraction of sp³-hybridized carbons (Fsp3) is 0.111. The minimum absolute atomic E-state index is 0.650. The van der Waals surface area contributed by atoms with Crippen LogP contribution in [-0.2, 0) is 0 Å². The lowest BCUT2D eigenvalue weighted by molar-refractivity contribution is 0.532. The second-order valence-corrected chi connectivity index (χ2v) is 3.40. The zero-order valence-electron chi connectivity index (χ0n) is 6.99. The number of pyridine rings is 1. The van der Waals surface area contributed by atoms with E-state index in [0.29, 0.717) is 11.7 Å². The first-order chi connectivity index (χ1) is 6.25. The molecule has 0 bridgehead atoms. The molecule has 2 aromatic heterocycles. The summed E-state index contributed by atoms with van der Waals surface area (Å²) in [7, 11) is 0. The first-order valence-corrected chi connectivity index (χ1v) is 4.60. The first kappa shape index (κ1) is 8.44. The Labute approximate surface area is 84.0 Å². The molecule has 0 spiro atoms. The predicted octanol–water partition coefficient (Wildman–Crippen LogP) is 2.81. The molecule has 0 aliphatic rings. The molecule has 0 saturated heterocycles. The van der Waals surface area contributed by atoms with Crippen LogP contribution >= 0.6 is 15.9 Å². The number of aryl methyl sites for hydroxylation is 1. The number of rotatable bonds is 1. The monoisotopic (exact) mass is 238 g/mol. The van der Waals surface area contributed by atoms with Crippen molar-refractivity contribution in [3.05, 3.63) is 34.9 Å². The van der Waals surface area contributed by atoms with Gasteiger partial charge in [-0.3, -0.25) is 0 Å². The van der Waals surface area contributed by atoms with Crippen molar-refractivity contribution in [3.8, 4) is 11.5 Å². The number of nitrogens with zero attached hydrogens (tertiary/aromatic N) is 2. The largest absolute Gasteiger partial charge is 0.439 e. The maximum atomic E-state index is 5.33. The third kappa shape index (κ3) is 1.78. The van der Waals surface area contributed by atoms with Gasteiger partial charge in [-0.15, -0.1) is 0 Å². The highest BCUT2D eigenvalue weighted by Crippen LogP contribution is 2.19. The molecular weight excluding hydrogens is 232 g/mol. The third-order valence-electron chi connectivity index (χ3n) is 1.59. The topological polar surface area (TPSA) is 38.9 Å². The quantitative estimate of drug-likeness (QED) is 0.718. The van der Waals surface area contributed by atoms with E-state index in [4.69, 9.17) is 4.42 Å². The molecule has 2 rings (SSSR count). The van der Waals surface area contributed by atoms with Crippen LogP contribution in [0.4, 0.5) is 0 Å². The van der Waals surface area contributed by atoms with E-state index in [0.717, 1.165) is 10.3 Å². The van der Waals surface area contributed by atoms with Crippen LogP contribution in [0.15, 0.2) is 33.4 Å². The highest BCUT2D eigenvalue weighted by Gasteiger charge is 2.04. The average molecular weight is 239 g/mol. The predicted molar refractivity (Wildman–Crippen MR) is 52.2 cm³/mol. The molecule has 0 aliphatic heterocycles. The van der Waals surface area contributed by atoms with E-state index >= 15 is 0 Å². The van der Waals surface area contributed by atoms with Gasteiger partial charge in [-0.05, 0) is 28.1 Å². The minimum atomic E-state index is 0.650. The zero-order chi connectivity index (χ0) is 9.26. The second-order valence-electron chi connectivity index (χ2n) is 2.59. The van der Waals surface area contributed by atoms with Gasteiger partial charge < -0.3 is 4.42 Å². The average Bonchev–Trinajstić information content (AvgIpc) is 2.52. The molecule has 0 aromatic carbocycles. The highest BCUT2D eigenvalue weighted by atomic mass is 79.9. The van der Waals surface area contributed by atoms with Gasteiger partial charge in [-0.25, -0.2) is 9.97 Å². The Morgan fingerprint density at radius 1 is 1.38 bits per heavy atom. The summed E-state index contributed by atoms with van der Waals surface area (Å²) >= 11 is 3.29. The van der Waals surface area contributed by atoms with Gasteiger partial charge in [-0.1, -0.05) is 6.07 Å². The lowest BCUT2D eigenvalue weighted by atomic mass is 10.3. The molecule has 0 unspecified atom stereocenters. The van der Waals surface area contributed by atoms with Crippen LogP contribution in [0.3, 0.4) is 0 Å². The molecular formula is C9H7BrN2O. The molecule has 0 aliphatic carbocycles. The van der Waals surface area contributed by atoms with Crippen molar-refractivity contribution in [1.29, 1.82) is 0 Å². The molecule has 2 heterocycles. The van der Waals surface area contributed by atoms with Crippen molar-refractivity contribution >= 4 is 15.9 Å². The van der Waals surface area contributed by atoms with Crippen molar-refractivity contribution in [2.75, 3.05) is 0 Å². The van der Waals surface area contributed by atoms with Gasteiger partial charge in [0.15, 0.2) is 11.7 Å². The molecule has 3 nitrogen and oxygen atoms in total. The number of aromatic nitrogens is 2. The van der Waals surface area contributed by atoms with E-state index < -0.39 is 0 Å². The molecule has 0 atom stereocenters. The van der Waals surface area contributed by atoms with Crippen molar-refractivity contribution in [2.24, 2.45) is 0 Å². The van der Waals surface area contributed by atoms with Crippen LogP contribution in [0.2, 0.25) is 0 Å². The number of halogens is 1. The van der Waals surface area contributed by atoms with Crippen LogP contribution in [0.5, 0.6) is 0 Å². The van der Waals surface area contributed by atoms with Crippen LogP contribution in [-0.4, -0.2) is 9.97 Å². The van der Waals surface area contributed by atoms with Crippen molar-refractivity contribution in [3.63, 3.8) is 0 Å². The summed E-state index contributed by atoms with van der Waals surface area (Å²) in [5.74, 6) is 1.34. The molecule has 0 fully saturated rings. The summed E-state index contributed by atoms with van der Waals surface area (Å²) in [5.41, 5.74) is 0.787. The standard InChI is InChI=1S/C9H7BrN2O/c1-6-11-5-8(13-6)7-3-2-4-9(10)12-7/h2-5H,1H3. The minimum Gasteiger partial charge on any atom is -0.439 e. The summed E-state index contributed by atoms with van der Waals surface area (Å²) in [6.45, 7) is 1.81. The number of oxazole rings is 1. The van der Waals surface area contributed by atoms with E-state index in [-0.39, 0.29) is 0 Å². The zero-order valence-corrected chi connectivity index (χ0v) is 8.58. The molecule has 0 amide bonds. The van der Waals surface area contributed by atoms with Crippen LogP contribution < -0.4 is 0 Å². The number of hydrogen-bond acceptors (Lipinski definition) is 3. The Bertz CT molecular complexity index is 425. The molecule has 0 radical (unpaired) electrons. The molecule has 0 saturated carbocycles. The van der Waals surface area contributed by atoms with E-state index in [1.807, 2.05) is 25.1 Å². The number of hydrogen-bond donors (Lipinski definition) is 0. The Morgan fingerprint density at radius 3 is 2.85 bits per heavy atom. The highest BCUT2D eigenvalue weighted by molar-refractivity contribution is 9.10. The fourth-order valence-electron chi connectivity index (χ4n) is 1.03. The van der Waals surface area contributed by atoms with Crippen LogP contribution in [0.1, 0.15) is 5.89 Å². The van der Waals surface area contributed by atoms with Crippen LogP contribution in [0, 0.1) is 6.92 Å². The maximum Gasteiger partial charge on any atom is 0.191 e. The molecule has 66 valence electrons. The molecule has 13 heavy (non-hydrogen) atoms. The van der Waals surface area contributed by atoms with E-state index in [2.05, 4.69) is 25.9 Å². The van der Waals surface area contributed by atoms with Gasteiger partial charge in [0.2, 0.25) is 0 Å². The van der Waals surface area contributed by atoms with Crippen molar-refractivity contribution in [2.45, 2.75) is 6.92 Å². The lowest BCUT2D eigenvalue weighted by Crippen LogP contribution is -1.80. The Hall–Kier alpha value is -1.16.